The van der Waals surface area contributed by atoms with Gasteiger partial charge in [-0.1, -0.05) is 37.3 Å². The lowest BCUT2D eigenvalue weighted by atomic mass is 10.1. The van der Waals surface area contributed by atoms with Gasteiger partial charge in [0.2, 0.25) is 5.91 Å². The highest BCUT2D eigenvalue weighted by atomic mass is 16.2. The number of nitrogens with one attached hydrogen (secondary N) is 1. The molecule has 2 rings (SSSR count). The third kappa shape index (κ3) is 3.63. The molecular formula is C17H27N3O. The highest BCUT2D eigenvalue weighted by Gasteiger charge is 2.38. The first-order valence-electron chi connectivity index (χ1n) is 7.86. The largest absolute Gasteiger partial charge is 0.324 e. The second kappa shape index (κ2) is 7.05. The first-order valence-corrected chi connectivity index (χ1v) is 7.86. The Hall–Kier alpha value is -1.39. The molecule has 116 valence electrons. The van der Waals surface area contributed by atoms with Gasteiger partial charge in [0, 0.05) is 19.1 Å². The zero-order valence-electron chi connectivity index (χ0n) is 13.5. The van der Waals surface area contributed by atoms with E-state index < -0.39 is 0 Å². The molecule has 0 saturated carbocycles. The Morgan fingerprint density at radius 3 is 2.52 bits per heavy atom. The van der Waals surface area contributed by atoms with Crippen LogP contribution in [0.15, 0.2) is 30.3 Å². The molecule has 0 spiro atoms. The van der Waals surface area contributed by atoms with Crippen molar-refractivity contribution in [2.75, 3.05) is 20.1 Å². The second-order valence-electron chi connectivity index (χ2n) is 6.04. The fraction of sp³-hybridized carbons (Fsp3) is 0.588. The summed E-state index contributed by atoms with van der Waals surface area (Å²) in [5.41, 5.74) is 1.06. The molecule has 4 nitrogen and oxygen atoms in total. The normalized spacial score (nSPS) is 22.6. The molecule has 2 atom stereocenters. The summed E-state index contributed by atoms with van der Waals surface area (Å²) in [4.78, 5) is 17.0. The molecule has 21 heavy (non-hydrogen) atoms. The van der Waals surface area contributed by atoms with Crippen molar-refractivity contribution in [3.8, 4) is 0 Å². The van der Waals surface area contributed by atoms with Crippen molar-refractivity contribution in [2.24, 2.45) is 0 Å². The smallest absolute Gasteiger partial charge is 0.245 e. The lowest BCUT2D eigenvalue weighted by Crippen LogP contribution is -2.42. The van der Waals surface area contributed by atoms with Crippen LogP contribution < -0.4 is 5.32 Å². The summed E-state index contributed by atoms with van der Waals surface area (Å²) >= 11 is 0. The molecule has 1 aromatic carbocycles. The number of hydrogen-bond acceptors (Lipinski definition) is 3. The molecule has 0 aliphatic carbocycles. The Labute approximate surface area is 128 Å². The van der Waals surface area contributed by atoms with E-state index in [1.807, 2.05) is 35.2 Å². The van der Waals surface area contributed by atoms with Gasteiger partial charge in [-0.25, -0.2) is 0 Å². The molecule has 0 radical (unpaired) electrons. The molecule has 1 fully saturated rings. The van der Waals surface area contributed by atoms with Gasteiger partial charge >= 0.3 is 0 Å². The van der Waals surface area contributed by atoms with E-state index >= 15 is 0 Å². The molecule has 1 saturated heterocycles. The number of rotatable bonds is 6. The maximum absolute atomic E-state index is 12.7. The van der Waals surface area contributed by atoms with Gasteiger partial charge in [0.1, 0.15) is 6.04 Å². The molecule has 1 aliphatic rings. The average Bonchev–Trinajstić information content (AvgIpc) is 2.81. The highest BCUT2D eigenvalue weighted by Crippen LogP contribution is 2.25. The third-order valence-electron chi connectivity index (χ3n) is 4.36. The summed E-state index contributed by atoms with van der Waals surface area (Å²) in [5, 5.41) is 3.47. The Balaban J connectivity index is 2.05. The van der Waals surface area contributed by atoms with Crippen molar-refractivity contribution in [3.63, 3.8) is 0 Å². The Morgan fingerprint density at radius 2 is 1.95 bits per heavy atom. The SMILES string of the molecule is CCC1NC(c2ccccc2)C(=O)N1CCN(C)C(C)C. The molecule has 0 aromatic heterocycles. The van der Waals surface area contributed by atoms with Crippen molar-refractivity contribution in [2.45, 2.75) is 45.4 Å². The van der Waals surface area contributed by atoms with E-state index in [0.717, 1.165) is 25.1 Å². The van der Waals surface area contributed by atoms with Crippen LogP contribution in [-0.4, -0.2) is 48.1 Å². The van der Waals surface area contributed by atoms with Crippen LogP contribution in [0.25, 0.3) is 0 Å². The van der Waals surface area contributed by atoms with Crippen LogP contribution in [0, 0.1) is 0 Å². The van der Waals surface area contributed by atoms with Crippen molar-refractivity contribution < 1.29 is 4.79 Å². The van der Waals surface area contributed by atoms with Gasteiger partial charge in [0.25, 0.3) is 0 Å². The van der Waals surface area contributed by atoms with Gasteiger partial charge in [-0.2, -0.15) is 0 Å². The minimum atomic E-state index is -0.194. The Morgan fingerprint density at radius 1 is 1.29 bits per heavy atom. The standard InChI is InChI=1S/C17H27N3O/c1-5-15-18-16(14-9-7-6-8-10-14)17(21)20(15)12-11-19(4)13(2)3/h6-10,13,15-16,18H,5,11-12H2,1-4H3. The van der Waals surface area contributed by atoms with E-state index in [0.29, 0.717) is 6.04 Å². The van der Waals surface area contributed by atoms with E-state index in [2.05, 4.69) is 38.0 Å². The van der Waals surface area contributed by atoms with Crippen LogP contribution in [0.5, 0.6) is 0 Å². The van der Waals surface area contributed by atoms with Gasteiger partial charge in [-0.15, -0.1) is 0 Å². The summed E-state index contributed by atoms with van der Waals surface area (Å²) in [6.07, 6.45) is 1.07. The predicted octanol–water partition coefficient (Wildman–Crippen LogP) is 2.24. The fourth-order valence-corrected chi connectivity index (χ4v) is 2.69. The third-order valence-corrected chi connectivity index (χ3v) is 4.36. The Bertz CT molecular complexity index is 460. The van der Waals surface area contributed by atoms with Crippen LogP contribution in [-0.2, 0) is 4.79 Å². The average molecular weight is 289 g/mol. The van der Waals surface area contributed by atoms with Crippen LogP contribution in [0.2, 0.25) is 0 Å². The Kier molecular flexibility index (Phi) is 5.37. The van der Waals surface area contributed by atoms with Gasteiger partial charge in [-0.3, -0.25) is 10.1 Å². The van der Waals surface area contributed by atoms with E-state index in [1.54, 1.807) is 0 Å². The lowest BCUT2D eigenvalue weighted by molar-refractivity contribution is -0.130. The van der Waals surface area contributed by atoms with E-state index in [9.17, 15) is 4.79 Å². The number of amides is 1. The van der Waals surface area contributed by atoms with Gasteiger partial charge < -0.3 is 9.80 Å². The van der Waals surface area contributed by atoms with Crippen molar-refractivity contribution in [3.05, 3.63) is 35.9 Å². The topological polar surface area (TPSA) is 35.6 Å². The minimum Gasteiger partial charge on any atom is -0.324 e. The maximum Gasteiger partial charge on any atom is 0.245 e. The zero-order chi connectivity index (χ0) is 15.4. The quantitative estimate of drug-likeness (QED) is 0.872. The summed E-state index contributed by atoms with van der Waals surface area (Å²) < 4.78 is 0. The molecule has 1 heterocycles. The second-order valence-corrected chi connectivity index (χ2v) is 6.04. The molecular weight excluding hydrogens is 262 g/mol. The highest BCUT2D eigenvalue weighted by molar-refractivity contribution is 5.85. The van der Waals surface area contributed by atoms with Gasteiger partial charge in [0.15, 0.2) is 0 Å². The molecule has 0 bridgehead atoms. The van der Waals surface area contributed by atoms with Crippen molar-refractivity contribution in [1.82, 2.24) is 15.1 Å². The first kappa shape index (κ1) is 16.0. The molecule has 1 aromatic rings. The van der Waals surface area contributed by atoms with E-state index in [1.165, 1.54) is 0 Å². The summed E-state index contributed by atoms with van der Waals surface area (Å²) in [6, 6.07) is 10.3. The number of carbonyl (C=O) groups excluding carboxylic acids is 1. The fourth-order valence-electron chi connectivity index (χ4n) is 2.69. The minimum absolute atomic E-state index is 0.142. The van der Waals surface area contributed by atoms with Gasteiger partial charge in [-0.05, 0) is 32.9 Å². The first-order chi connectivity index (χ1) is 10.0. The van der Waals surface area contributed by atoms with Crippen molar-refractivity contribution >= 4 is 5.91 Å². The van der Waals surface area contributed by atoms with Crippen LogP contribution >= 0.6 is 0 Å². The zero-order valence-corrected chi connectivity index (χ0v) is 13.5. The number of nitrogens with zero attached hydrogens (tertiary/aromatic N) is 2. The monoisotopic (exact) mass is 289 g/mol. The van der Waals surface area contributed by atoms with Crippen LogP contribution in [0.3, 0.4) is 0 Å². The molecule has 1 aliphatic heterocycles. The van der Waals surface area contributed by atoms with Crippen LogP contribution in [0.1, 0.15) is 38.8 Å². The van der Waals surface area contributed by atoms with Gasteiger partial charge in [0.05, 0.1) is 6.17 Å². The number of hydrogen-bond donors (Lipinski definition) is 1. The molecule has 1 amide bonds. The number of likely N-dealkylation sites (N-methyl/N-ethyl adjacent to an activating group) is 1. The summed E-state index contributed by atoms with van der Waals surface area (Å²) in [7, 11) is 2.11. The summed E-state index contributed by atoms with van der Waals surface area (Å²) in [6.45, 7) is 8.16. The van der Waals surface area contributed by atoms with Crippen molar-refractivity contribution in [1.29, 1.82) is 0 Å². The summed E-state index contributed by atoms with van der Waals surface area (Å²) in [5.74, 6) is 0.199. The van der Waals surface area contributed by atoms with E-state index in [4.69, 9.17) is 0 Å². The molecule has 1 N–H and O–H groups in total. The molecule has 4 heteroatoms. The van der Waals surface area contributed by atoms with E-state index in [-0.39, 0.29) is 18.1 Å². The predicted molar refractivity (Wildman–Crippen MR) is 85.9 cm³/mol. The maximum atomic E-state index is 12.7. The molecule has 2 unspecified atom stereocenters. The number of carbonyl (C=O) groups is 1. The lowest BCUT2D eigenvalue weighted by Gasteiger charge is -2.27. The number of benzene rings is 1. The van der Waals surface area contributed by atoms with Crippen LogP contribution in [0.4, 0.5) is 0 Å².